The van der Waals surface area contributed by atoms with Gasteiger partial charge in [0.05, 0.1) is 12.4 Å². The van der Waals surface area contributed by atoms with E-state index in [2.05, 4.69) is 25.6 Å². The van der Waals surface area contributed by atoms with Crippen LogP contribution in [0.5, 0.6) is 0 Å². The molecular weight excluding hydrogens is 623 g/mol. The number of H-pyrrole nitrogens is 1. The van der Waals surface area contributed by atoms with E-state index in [-0.39, 0.29) is 40.5 Å². The predicted octanol–water partition coefficient (Wildman–Crippen LogP) is 2.06. The number of nitrogens with zero attached hydrogens (tertiary/aromatic N) is 3. The molecule has 0 bridgehead atoms. The minimum absolute atomic E-state index is 0.00560. The average molecular weight is 646 g/mol. The normalized spacial score (nSPS) is 18.5. The van der Waals surface area contributed by atoms with E-state index in [0.29, 0.717) is 32.9 Å². The molecule has 2 amide bonds. The summed E-state index contributed by atoms with van der Waals surface area (Å²) >= 11 is 15.5. The number of rotatable bonds is 12. The number of aliphatic hydroxyl groups is 1. The van der Waals surface area contributed by atoms with Crippen molar-refractivity contribution in [1.29, 1.82) is 0 Å². The highest BCUT2D eigenvalue weighted by molar-refractivity contribution is 8.00. The second kappa shape index (κ2) is 13.8. The SMILES string of the molecule is O=C(CSc1cc(Cl)nc(Cl)c1)N[C@@H]1C(=O)N2C(C(=O)O)=C(C=CCSc3nc(NCCO)cc(=O)[nH]3)CS[C@H]12. The van der Waals surface area contributed by atoms with Crippen molar-refractivity contribution in [1.82, 2.24) is 25.2 Å². The lowest BCUT2D eigenvalue weighted by Crippen LogP contribution is -2.70. The van der Waals surface area contributed by atoms with Crippen molar-refractivity contribution in [3.05, 3.63) is 62.3 Å². The van der Waals surface area contributed by atoms with Gasteiger partial charge in [-0.25, -0.2) is 14.8 Å². The fourth-order valence-electron chi connectivity index (χ4n) is 3.76. The summed E-state index contributed by atoms with van der Waals surface area (Å²) < 4.78 is 0. The number of aromatic amines is 1. The van der Waals surface area contributed by atoms with Crippen molar-refractivity contribution in [3.8, 4) is 0 Å². The molecule has 2 aliphatic heterocycles. The summed E-state index contributed by atoms with van der Waals surface area (Å²) in [7, 11) is 0. The highest BCUT2D eigenvalue weighted by Gasteiger charge is 2.53. The van der Waals surface area contributed by atoms with Gasteiger partial charge in [-0.3, -0.25) is 19.3 Å². The zero-order chi connectivity index (χ0) is 28.8. The Labute approximate surface area is 250 Å². The number of aromatic nitrogens is 3. The molecule has 0 aliphatic carbocycles. The van der Waals surface area contributed by atoms with Gasteiger partial charge in [-0.05, 0) is 17.7 Å². The Morgan fingerprint density at radius 3 is 2.65 bits per heavy atom. The zero-order valence-electron chi connectivity index (χ0n) is 20.4. The van der Waals surface area contributed by atoms with Crippen LogP contribution in [-0.4, -0.2) is 89.7 Å². The summed E-state index contributed by atoms with van der Waals surface area (Å²) in [6.45, 7) is 0.142. The summed E-state index contributed by atoms with van der Waals surface area (Å²) in [5.74, 6) is -1.11. The number of hydrogen-bond acceptors (Lipinski definition) is 11. The van der Waals surface area contributed by atoms with Crippen LogP contribution < -0.4 is 16.2 Å². The lowest BCUT2D eigenvalue weighted by Gasteiger charge is -2.49. The van der Waals surface area contributed by atoms with Crippen LogP contribution in [0.15, 0.2) is 56.5 Å². The molecule has 212 valence electrons. The van der Waals surface area contributed by atoms with E-state index in [4.69, 9.17) is 28.3 Å². The highest BCUT2D eigenvalue weighted by atomic mass is 35.5. The van der Waals surface area contributed by atoms with Gasteiger partial charge in [-0.15, -0.1) is 23.5 Å². The van der Waals surface area contributed by atoms with E-state index in [1.165, 1.54) is 46.3 Å². The van der Waals surface area contributed by atoms with Crippen LogP contribution in [0, 0.1) is 0 Å². The number of carboxylic acids is 1. The van der Waals surface area contributed by atoms with Crippen LogP contribution in [0.25, 0.3) is 0 Å². The Bertz CT molecular complexity index is 1420. The molecule has 0 spiro atoms. The number of hydrogen-bond donors (Lipinski definition) is 5. The molecule has 0 aromatic carbocycles. The van der Waals surface area contributed by atoms with Gasteiger partial charge in [-0.1, -0.05) is 47.1 Å². The number of allylic oxidation sites excluding steroid dienone is 1. The highest BCUT2D eigenvalue weighted by Crippen LogP contribution is 2.40. The molecule has 40 heavy (non-hydrogen) atoms. The minimum atomic E-state index is -1.24. The number of carbonyl (C=O) groups excluding carboxylic acids is 2. The molecule has 4 heterocycles. The number of β-lactam (4-membered cyclic amide) rings is 1. The Balaban J connectivity index is 1.35. The number of aliphatic carboxylic acids is 1. The van der Waals surface area contributed by atoms with Crippen molar-refractivity contribution in [2.45, 2.75) is 21.5 Å². The molecule has 2 aliphatic rings. The monoisotopic (exact) mass is 644 g/mol. The number of carboxylic acid groups (broad SMARTS) is 1. The lowest BCUT2D eigenvalue weighted by molar-refractivity contribution is -0.150. The number of amides is 2. The summed E-state index contributed by atoms with van der Waals surface area (Å²) in [4.78, 5) is 61.8. The number of anilines is 1. The molecule has 4 rings (SSSR count). The third-order valence-electron chi connectivity index (χ3n) is 5.40. The number of nitrogens with one attached hydrogen (secondary N) is 3. The second-order valence-corrected chi connectivity index (χ2v) is 12.1. The molecule has 0 unspecified atom stereocenters. The van der Waals surface area contributed by atoms with Crippen molar-refractivity contribution >= 4 is 82.1 Å². The molecule has 12 nitrogen and oxygen atoms in total. The Kier molecular flexibility index (Phi) is 10.4. The summed E-state index contributed by atoms with van der Waals surface area (Å²) in [6, 6.07) is 3.58. The molecule has 0 radical (unpaired) electrons. The van der Waals surface area contributed by atoms with Crippen LogP contribution in [0.3, 0.4) is 0 Å². The topological polar surface area (TPSA) is 178 Å². The number of pyridine rings is 1. The zero-order valence-corrected chi connectivity index (χ0v) is 24.4. The Morgan fingerprint density at radius 1 is 1.20 bits per heavy atom. The van der Waals surface area contributed by atoms with Gasteiger partial charge in [0.2, 0.25) is 5.91 Å². The number of halogens is 2. The summed E-state index contributed by atoms with van der Waals surface area (Å²) in [6.07, 6.45) is 3.35. The average Bonchev–Trinajstić information content (AvgIpc) is 2.90. The van der Waals surface area contributed by atoms with E-state index in [0.717, 1.165) is 0 Å². The van der Waals surface area contributed by atoms with Gasteiger partial charge in [0.1, 0.15) is 33.2 Å². The molecule has 2 aromatic rings. The number of carbonyl (C=O) groups is 3. The number of fused-ring (bicyclic) bond motifs is 1. The van der Waals surface area contributed by atoms with Crippen LogP contribution in [0.4, 0.5) is 5.82 Å². The van der Waals surface area contributed by atoms with Gasteiger partial charge in [-0.2, -0.15) is 0 Å². The largest absolute Gasteiger partial charge is 0.477 e. The maximum atomic E-state index is 12.9. The lowest BCUT2D eigenvalue weighted by atomic mass is 10.0. The van der Waals surface area contributed by atoms with E-state index in [9.17, 15) is 24.3 Å². The fourth-order valence-corrected chi connectivity index (χ4v) is 7.12. The van der Waals surface area contributed by atoms with E-state index in [1.54, 1.807) is 24.3 Å². The van der Waals surface area contributed by atoms with Crippen molar-refractivity contribution in [2.24, 2.45) is 0 Å². The van der Waals surface area contributed by atoms with Gasteiger partial charge in [0.25, 0.3) is 11.5 Å². The first kappa shape index (κ1) is 30.3. The second-order valence-electron chi connectivity index (χ2n) is 8.17. The first-order valence-corrected chi connectivity index (χ1v) is 15.4. The summed E-state index contributed by atoms with van der Waals surface area (Å²) in [5, 5.41) is 24.5. The smallest absolute Gasteiger partial charge is 0.352 e. The molecular formula is C23H22Cl2N6O6S3. The van der Waals surface area contributed by atoms with E-state index in [1.807, 2.05) is 0 Å². The van der Waals surface area contributed by atoms with E-state index >= 15 is 0 Å². The van der Waals surface area contributed by atoms with Gasteiger partial charge in [0, 0.05) is 29.0 Å². The minimum Gasteiger partial charge on any atom is -0.477 e. The fraction of sp³-hybridized carbons (Fsp3) is 0.304. The van der Waals surface area contributed by atoms with Crippen molar-refractivity contribution in [2.75, 3.05) is 35.7 Å². The first-order valence-electron chi connectivity index (χ1n) is 11.6. The van der Waals surface area contributed by atoms with Crippen molar-refractivity contribution in [3.63, 3.8) is 0 Å². The van der Waals surface area contributed by atoms with Crippen LogP contribution in [-0.2, 0) is 14.4 Å². The molecule has 17 heteroatoms. The third kappa shape index (κ3) is 7.53. The first-order chi connectivity index (χ1) is 19.2. The maximum Gasteiger partial charge on any atom is 0.352 e. The van der Waals surface area contributed by atoms with Gasteiger partial charge in [0.15, 0.2) is 5.16 Å². The molecule has 1 saturated heterocycles. The van der Waals surface area contributed by atoms with Gasteiger partial charge < -0.3 is 25.8 Å². The molecule has 1 fully saturated rings. The predicted molar refractivity (Wildman–Crippen MR) is 155 cm³/mol. The maximum absolute atomic E-state index is 12.9. The van der Waals surface area contributed by atoms with E-state index < -0.39 is 29.2 Å². The molecule has 2 aromatic heterocycles. The Hall–Kier alpha value is -2.69. The molecule has 5 N–H and O–H groups in total. The van der Waals surface area contributed by atoms with Gasteiger partial charge >= 0.3 is 5.97 Å². The third-order valence-corrected chi connectivity index (χ3v) is 8.89. The summed E-state index contributed by atoms with van der Waals surface area (Å²) in [5.41, 5.74) is -0.0258. The molecule has 0 saturated carbocycles. The number of thioether (sulfide) groups is 3. The standard InChI is InChI=1S/C23H22Cl2N6O6S3/c24-13-6-12(7-14(25)27-13)39-10-17(34)29-18-20(35)31-19(22(36)37)11(9-40-21(18)31)2-1-5-38-23-28-15(26-3-4-32)8-16(33)30-23/h1-2,6-8,18,21,32H,3-5,9-10H2,(H,29,34)(H,36,37)(H2,26,28,30,33)/t18-,21-/m1/s1. The molecule has 2 atom stereocenters. The van der Waals surface area contributed by atoms with Crippen LogP contribution in [0.2, 0.25) is 10.3 Å². The van der Waals surface area contributed by atoms with Crippen LogP contribution in [0.1, 0.15) is 0 Å². The number of aliphatic hydroxyl groups excluding tert-OH is 1. The quantitative estimate of drug-likeness (QED) is 0.0984. The Morgan fingerprint density at radius 2 is 1.95 bits per heavy atom. The van der Waals surface area contributed by atoms with Crippen molar-refractivity contribution < 1.29 is 24.6 Å². The van der Waals surface area contributed by atoms with Crippen LogP contribution >= 0.6 is 58.5 Å².